The summed E-state index contributed by atoms with van der Waals surface area (Å²) >= 11 is 1.74. The van der Waals surface area contributed by atoms with Crippen LogP contribution < -0.4 is 4.74 Å². The summed E-state index contributed by atoms with van der Waals surface area (Å²) in [5, 5.41) is 5.06. The number of hydrogen-bond acceptors (Lipinski definition) is 7. The van der Waals surface area contributed by atoms with Crippen LogP contribution in [0.15, 0.2) is 41.2 Å². The Morgan fingerprint density at radius 2 is 2.04 bits per heavy atom. The van der Waals surface area contributed by atoms with Crippen LogP contribution in [-0.4, -0.2) is 20.1 Å². The summed E-state index contributed by atoms with van der Waals surface area (Å²) in [5.41, 5.74) is 2.25. The Morgan fingerprint density at radius 1 is 1.12 bits per heavy atom. The largest absolute Gasteiger partial charge is 0.467 e. The number of aromatic nitrogens is 4. The lowest BCUT2D eigenvalue weighted by Gasteiger charge is -2.04. The van der Waals surface area contributed by atoms with E-state index in [1.807, 2.05) is 30.3 Å². The van der Waals surface area contributed by atoms with Crippen molar-refractivity contribution in [2.45, 2.75) is 25.9 Å². The van der Waals surface area contributed by atoms with Crippen molar-refractivity contribution in [1.82, 2.24) is 20.1 Å². The highest BCUT2D eigenvalue weighted by molar-refractivity contribution is 7.18. The smallest absolute Gasteiger partial charge is 0.264 e. The van der Waals surface area contributed by atoms with Gasteiger partial charge >= 0.3 is 0 Å². The number of nitrogens with zero attached hydrogens (tertiary/aromatic N) is 4. The summed E-state index contributed by atoms with van der Waals surface area (Å²) in [5.74, 6) is 1.59. The summed E-state index contributed by atoms with van der Waals surface area (Å²) in [6.07, 6.45) is 4.93. The second-order valence-electron chi connectivity index (χ2n) is 5.88. The lowest BCUT2D eigenvalue weighted by molar-refractivity contribution is 0.238. The monoisotopic (exact) mass is 350 g/mol. The van der Waals surface area contributed by atoms with E-state index in [4.69, 9.17) is 9.26 Å². The van der Waals surface area contributed by atoms with E-state index in [9.17, 15) is 0 Å². The third-order valence-electron chi connectivity index (χ3n) is 4.30. The molecule has 1 aromatic carbocycles. The molecule has 1 aliphatic rings. The molecule has 1 aliphatic carbocycles. The molecule has 0 fully saturated rings. The summed E-state index contributed by atoms with van der Waals surface area (Å²) in [6.45, 7) is 0.191. The fourth-order valence-corrected chi connectivity index (χ4v) is 4.38. The van der Waals surface area contributed by atoms with E-state index in [-0.39, 0.29) is 6.61 Å². The molecule has 0 N–H and O–H groups in total. The molecular weight excluding hydrogens is 336 g/mol. The Bertz CT molecular complexity index is 1040. The molecule has 0 unspecified atom stereocenters. The minimum absolute atomic E-state index is 0.191. The Kier molecular flexibility index (Phi) is 3.45. The fraction of sp³-hybridized carbons (Fsp3) is 0.222. The number of benzene rings is 1. The molecule has 0 bridgehead atoms. The van der Waals surface area contributed by atoms with Crippen LogP contribution in [-0.2, 0) is 19.4 Å². The van der Waals surface area contributed by atoms with Gasteiger partial charge in [-0.2, -0.15) is 4.98 Å². The predicted octanol–water partition coefficient (Wildman–Crippen LogP) is 3.81. The summed E-state index contributed by atoms with van der Waals surface area (Å²) in [4.78, 5) is 15.5. The average Bonchev–Trinajstić information content (AvgIpc) is 3.36. The van der Waals surface area contributed by atoms with Crippen LogP contribution in [0.3, 0.4) is 0 Å². The maximum atomic E-state index is 5.90. The highest BCUT2D eigenvalue weighted by atomic mass is 32.1. The standard InChI is InChI=1S/C18H14N4O2S/c1-2-5-11(6-3-1)16-21-14(24-22-16)9-23-17-15-12-7-4-8-13(12)25-18(15)20-10-19-17/h1-3,5-6,10H,4,7-9H2. The number of aryl methyl sites for hydroxylation is 2. The molecule has 124 valence electrons. The van der Waals surface area contributed by atoms with Gasteiger partial charge in [0.25, 0.3) is 5.89 Å². The van der Waals surface area contributed by atoms with Crippen molar-refractivity contribution in [1.29, 1.82) is 0 Å². The number of thiophene rings is 1. The molecule has 0 saturated heterocycles. The lowest BCUT2D eigenvalue weighted by atomic mass is 10.2. The van der Waals surface area contributed by atoms with E-state index in [0.29, 0.717) is 17.6 Å². The van der Waals surface area contributed by atoms with Crippen molar-refractivity contribution in [2.75, 3.05) is 0 Å². The molecule has 0 radical (unpaired) electrons. The van der Waals surface area contributed by atoms with Crippen LogP contribution in [0.5, 0.6) is 5.88 Å². The number of fused-ring (bicyclic) bond motifs is 3. The third-order valence-corrected chi connectivity index (χ3v) is 5.50. The van der Waals surface area contributed by atoms with Gasteiger partial charge in [-0.05, 0) is 24.8 Å². The van der Waals surface area contributed by atoms with E-state index < -0.39 is 0 Å². The maximum absolute atomic E-state index is 5.90. The van der Waals surface area contributed by atoms with Gasteiger partial charge < -0.3 is 9.26 Å². The first kappa shape index (κ1) is 14.5. The molecule has 0 aliphatic heterocycles. The third kappa shape index (κ3) is 2.56. The van der Waals surface area contributed by atoms with Gasteiger partial charge in [0.1, 0.15) is 11.2 Å². The molecular formula is C18H14N4O2S. The van der Waals surface area contributed by atoms with Crippen molar-refractivity contribution in [3.8, 4) is 17.3 Å². The first-order valence-electron chi connectivity index (χ1n) is 8.14. The van der Waals surface area contributed by atoms with Crippen LogP contribution in [0.25, 0.3) is 21.6 Å². The van der Waals surface area contributed by atoms with Gasteiger partial charge in [-0.25, -0.2) is 9.97 Å². The van der Waals surface area contributed by atoms with Gasteiger partial charge in [-0.1, -0.05) is 35.5 Å². The normalized spacial score (nSPS) is 13.3. The zero-order chi connectivity index (χ0) is 16.6. The highest BCUT2D eigenvalue weighted by Crippen LogP contribution is 2.39. The summed E-state index contributed by atoms with van der Waals surface area (Å²) in [7, 11) is 0. The van der Waals surface area contributed by atoms with Crippen LogP contribution in [0.4, 0.5) is 0 Å². The zero-order valence-electron chi connectivity index (χ0n) is 13.3. The Balaban J connectivity index is 1.40. The van der Waals surface area contributed by atoms with E-state index in [1.165, 1.54) is 16.9 Å². The zero-order valence-corrected chi connectivity index (χ0v) is 14.1. The van der Waals surface area contributed by atoms with Crippen LogP contribution >= 0.6 is 11.3 Å². The van der Waals surface area contributed by atoms with Crippen molar-refractivity contribution >= 4 is 21.6 Å². The first-order valence-corrected chi connectivity index (χ1v) is 8.96. The molecule has 25 heavy (non-hydrogen) atoms. The van der Waals surface area contributed by atoms with E-state index >= 15 is 0 Å². The molecule has 0 amide bonds. The quantitative estimate of drug-likeness (QED) is 0.557. The van der Waals surface area contributed by atoms with Gasteiger partial charge in [0, 0.05) is 10.4 Å². The molecule has 3 heterocycles. The Hall–Kier alpha value is -2.80. The summed E-state index contributed by atoms with van der Waals surface area (Å²) < 4.78 is 11.2. The van der Waals surface area contributed by atoms with Gasteiger partial charge in [0.2, 0.25) is 11.7 Å². The topological polar surface area (TPSA) is 73.9 Å². The van der Waals surface area contributed by atoms with Crippen LogP contribution in [0, 0.1) is 0 Å². The van der Waals surface area contributed by atoms with Crippen molar-refractivity contribution in [3.05, 3.63) is 53.0 Å². The second-order valence-corrected chi connectivity index (χ2v) is 6.97. The highest BCUT2D eigenvalue weighted by Gasteiger charge is 2.22. The molecule has 0 spiro atoms. The Morgan fingerprint density at radius 3 is 2.96 bits per heavy atom. The molecule has 5 rings (SSSR count). The molecule has 3 aromatic heterocycles. The summed E-state index contributed by atoms with van der Waals surface area (Å²) in [6, 6.07) is 9.72. The molecule has 6 nitrogen and oxygen atoms in total. The van der Waals surface area contributed by atoms with E-state index in [1.54, 1.807) is 17.7 Å². The van der Waals surface area contributed by atoms with Crippen molar-refractivity contribution < 1.29 is 9.26 Å². The van der Waals surface area contributed by atoms with E-state index in [0.717, 1.165) is 28.6 Å². The fourth-order valence-electron chi connectivity index (χ4n) is 3.16. The second kappa shape index (κ2) is 5.93. The van der Waals surface area contributed by atoms with Gasteiger partial charge in [0.05, 0.1) is 5.39 Å². The predicted molar refractivity (Wildman–Crippen MR) is 93.5 cm³/mol. The lowest BCUT2D eigenvalue weighted by Crippen LogP contribution is -1.99. The SMILES string of the molecule is c1ccc(-c2noc(COc3ncnc4sc5c(c34)CCC5)n2)cc1. The molecule has 0 atom stereocenters. The molecule has 0 saturated carbocycles. The maximum Gasteiger partial charge on any atom is 0.264 e. The number of ether oxygens (including phenoxy) is 1. The van der Waals surface area contributed by atoms with Crippen molar-refractivity contribution in [3.63, 3.8) is 0 Å². The van der Waals surface area contributed by atoms with E-state index in [2.05, 4.69) is 20.1 Å². The minimum Gasteiger partial charge on any atom is -0.467 e. The van der Waals surface area contributed by atoms with Crippen molar-refractivity contribution in [2.24, 2.45) is 0 Å². The first-order chi connectivity index (χ1) is 12.4. The van der Waals surface area contributed by atoms with Crippen LogP contribution in [0.1, 0.15) is 22.8 Å². The van der Waals surface area contributed by atoms with Gasteiger partial charge in [-0.15, -0.1) is 11.3 Å². The Labute approximate surface area is 147 Å². The van der Waals surface area contributed by atoms with Gasteiger partial charge in [-0.3, -0.25) is 0 Å². The number of rotatable bonds is 4. The molecule has 7 heteroatoms. The molecule has 4 aromatic rings. The van der Waals surface area contributed by atoms with Gasteiger partial charge in [0.15, 0.2) is 6.61 Å². The number of hydrogen-bond donors (Lipinski definition) is 0. The average molecular weight is 350 g/mol. The van der Waals surface area contributed by atoms with Crippen LogP contribution in [0.2, 0.25) is 0 Å². The minimum atomic E-state index is 0.191.